The maximum Gasteiger partial charge on any atom is 0.127 e. The molecule has 1 atom stereocenters. The molecule has 0 amide bonds. The van der Waals surface area contributed by atoms with Crippen molar-refractivity contribution < 1.29 is 8.60 Å². The molecule has 0 saturated carbocycles. The molecule has 88 valence electrons. The second kappa shape index (κ2) is 5.25. The average Bonchev–Trinajstić information content (AvgIpc) is 2.18. The zero-order valence-corrected chi connectivity index (χ0v) is 10.3. The standard InChI is InChI=1S/C11H13ClFNOS/c12-10-1-2-11(13)9(3-10)7-16(15)6-8-4-14-5-8/h1-3,8,14H,4-7H2. The second-order valence-electron chi connectivity index (χ2n) is 4.01. The summed E-state index contributed by atoms with van der Waals surface area (Å²) < 4.78 is 25.1. The fourth-order valence-electron chi connectivity index (χ4n) is 1.62. The Morgan fingerprint density at radius 3 is 2.88 bits per heavy atom. The minimum atomic E-state index is -1.01. The van der Waals surface area contributed by atoms with Gasteiger partial charge in [-0.1, -0.05) is 11.6 Å². The van der Waals surface area contributed by atoms with Gasteiger partial charge >= 0.3 is 0 Å². The molecular formula is C11H13ClFNOS. The molecule has 2 rings (SSSR count). The molecule has 1 aliphatic rings. The van der Waals surface area contributed by atoms with Crippen LogP contribution in [0.4, 0.5) is 4.39 Å². The van der Waals surface area contributed by atoms with Gasteiger partial charge < -0.3 is 5.32 Å². The van der Waals surface area contributed by atoms with E-state index in [0.29, 0.717) is 22.3 Å². The Balaban J connectivity index is 1.96. The van der Waals surface area contributed by atoms with Crippen LogP contribution in [0, 0.1) is 11.7 Å². The Morgan fingerprint density at radius 1 is 1.50 bits per heavy atom. The van der Waals surface area contributed by atoms with E-state index in [0.717, 1.165) is 13.1 Å². The van der Waals surface area contributed by atoms with Crippen molar-refractivity contribution >= 4 is 22.4 Å². The summed E-state index contributed by atoms with van der Waals surface area (Å²) in [5, 5.41) is 3.61. The van der Waals surface area contributed by atoms with Gasteiger partial charge in [0, 0.05) is 40.2 Å². The lowest BCUT2D eigenvalue weighted by molar-refractivity contribution is 0.382. The van der Waals surface area contributed by atoms with Crippen LogP contribution >= 0.6 is 11.6 Å². The minimum Gasteiger partial charge on any atom is -0.316 e. The molecule has 1 aliphatic heterocycles. The number of hydrogen-bond donors (Lipinski definition) is 1. The summed E-state index contributed by atoms with van der Waals surface area (Å²) in [6, 6.07) is 4.37. The molecule has 0 aromatic heterocycles. The predicted octanol–water partition coefficient (Wildman–Crippen LogP) is 1.95. The van der Waals surface area contributed by atoms with Gasteiger partial charge in [-0.05, 0) is 24.1 Å². The van der Waals surface area contributed by atoms with Crippen molar-refractivity contribution in [3.8, 4) is 0 Å². The highest BCUT2D eigenvalue weighted by atomic mass is 35.5. The van der Waals surface area contributed by atoms with Crippen molar-refractivity contribution in [2.45, 2.75) is 5.75 Å². The fraction of sp³-hybridized carbons (Fsp3) is 0.455. The van der Waals surface area contributed by atoms with Gasteiger partial charge in [0.15, 0.2) is 0 Å². The van der Waals surface area contributed by atoms with Gasteiger partial charge in [0.25, 0.3) is 0 Å². The van der Waals surface area contributed by atoms with Crippen LogP contribution in [-0.4, -0.2) is 23.1 Å². The van der Waals surface area contributed by atoms with Gasteiger partial charge in [-0.25, -0.2) is 4.39 Å². The van der Waals surface area contributed by atoms with E-state index in [9.17, 15) is 8.60 Å². The average molecular weight is 262 g/mol. The quantitative estimate of drug-likeness (QED) is 0.898. The molecule has 1 saturated heterocycles. The van der Waals surface area contributed by atoms with Crippen LogP contribution in [0.25, 0.3) is 0 Å². The number of benzene rings is 1. The summed E-state index contributed by atoms with van der Waals surface area (Å²) in [7, 11) is -1.01. The van der Waals surface area contributed by atoms with E-state index >= 15 is 0 Å². The third-order valence-electron chi connectivity index (χ3n) is 2.61. The summed E-state index contributed by atoms with van der Waals surface area (Å²) in [6.07, 6.45) is 0. The second-order valence-corrected chi connectivity index (χ2v) is 5.95. The Morgan fingerprint density at radius 2 is 2.25 bits per heavy atom. The maximum atomic E-state index is 13.4. The van der Waals surface area contributed by atoms with E-state index in [1.807, 2.05) is 0 Å². The number of halogens is 2. The first-order valence-corrected chi connectivity index (χ1v) is 7.01. The zero-order chi connectivity index (χ0) is 11.5. The van der Waals surface area contributed by atoms with E-state index in [-0.39, 0.29) is 11.6 Å². The summed E-state index contributed by atoms with van der Waals surface area (Å²) in [5.41, 5.74) is 0.443. The molecule has 1 aromatic carbocycles. The summed E-state index contributed by atoms with van der Waals surface area (Å²) in [4.78, 5) is 0. The largest absolute Gasteiger partial charge is 0.316 e. The van der Waals surface area contributed by atoms with Crippen LogP contribution in [0.15, 0.2) is 18.2 Å². The van der Waals surface area contributed by atoms with E-state index in [4.69, 9.17) is 11.6 Å². The molecule has 1 fully saturated rings. The van der Waals surface area contributed by atoms with Crippen molar-refractivity contribution in [3.63, 3.8) is 0 Å². The third kappa shape index (κ3) is 3.03. The van der Waals surface area contributed by atoms with Crippen LogP contribution in [-0.2, 0) is 16.6 Å². The summed E-state index contributed by atoms with van der Waals surface area (Å²) >= 11 is 5.77. The van der Waals surface area contributed by atoms with Crippen molar-refractivity contribution in [2.24, 2.45) is 5.92 Å². The topological polar surface area (TPSA) is 29.1 Å². The van der Waals surface area contributed by atoms with Gasteiger partial charge in [-0.15, -0.1) is 0 Å². The van der Waals surface area contributed by atoms with Crippen LogP contribution in [0.5, 0.6) is 0 Å². The van der Waals surface area contributed by atoms with Crippen molar-refractivity contribution in [2.75, 3.05) is 18.8 Å². The van der Waals surface area contributed by atoms with E-state index in [2.05, 4.69) is 5.32 Å². The molecule has 0 spiro atoms. The van der Waals surface area contributed by atoms with Crippen molar-refractivity contribution in [1.29, 1.82) is 0 Å². The van der Waals surface area contributed by atoms with Gasteiger partial charge in [-0.3, -0.25) is 4.21 Å². The van der Waals surface area contributed by atoms with Crippen LogP contribution in [0.1, 0.15) is 5.56 Å². The fourth-order valence-corrected chi connectivity index (χ4v) is 3.26. The molecule has 1 aromatic rings. The Hall–Kier alpha value is -0.450. The minimum absolute atomic E-state index is 0.253. The predicted molar refractivity (Wildman–Crippen MR) is 64.5 cm³/mol. The lowest BCUT2D eigenvalue weighted by Gasteiger charge is -2.26. The first kappa shape index (κ1) is 12.0. The molecule has 1 heterocycles. The summed E-state index contributed by atoms with van der Waals surface area (Å²) in [5.74, 6) is 1.04. The number of rotatable bonds is 4. The van der Waals surface area contributed by atoms with Crippen LogP contribution in [0.2, 0.25) is 5.02 Å². The van der Waals surface area contributed by atoms with Gasteiger partial charge in [-0.2, -0.15) is 0 Å². The monoisotopic (exact) mass is 261 g/mol. The van der Waals surface area contributed by atoms with E-state index in [1.165, 1.54) is 12.1 Å². The normalized spacial score (nSPS) is 18.1. The van der Waals surface area contributed by atoms with E-state index in [1.54, 1.807) is 6.07 Å². The Bertz CT molecular complexity index is 409. The molecular weight excluding hydrogens is 249 g/mol. The Labute approximate surface area is 102 Å². The molecule has 1 N–H and O–H groups in total. The third-order valence-corrected chi connectivity index (χ3v) is 4.32. The molecule has 1 unspecified atom stereocenters. The lowest BCUT2D eigenvalue weighted by atomic mass is 10.1. The Kier molecular flexibility index (Phi) is 3.95. The first-order chi connectivity index (χ1) is 7.65. The number of nitrogens with one attached hydrogen (secondary N) is 1. The smallest absolute Gasteiger partial charge is 0.127 e. The SMILES string of the molecule is O=S(Cc1cc(Cl)ccc1F)CC1CNC1. The molecule has 5 heteroatoms. The highest BCUT2D eigenvalue weighted by molar-refractivity contribution is 7.84. The highest BCUT2D eigenvalue weighted by Crippen LogP contribution is 2.17. The molecule has 0 bridgehead atoms. The number of hydrogen-bond acceptors (Lipinski definition) is 2. The van der Waals surface area contributed by atoms with Gasteiger partial charge in [0.05, 0.1) is 5.75 Å². The molecule has 0 aliphatic carbocycles. The molecule has 16 heavy (non-hydrogen) atoms. The van der Waals surface area contributed by atoms with Crippen LogP contribution < -0.4 is 5.32 Å². The van der Waals surface area contributed by atoms with Gasteiger partial charge in [0.1, 0.15) is 5.82 Å². The molecule has 0 radical (unpaired) electrons. The van der Waals surface area contributed by atoms with E-state index < -0.39 is 10.8 Å². The van der Waals surface area contributed by atoms with Crippen molar-refractivity contribution in [3.05, 3.63) is 34.6 Å². The van der Waals surface area contributed by atoms with Crippen LogP contribution in [0.3, 0.4) is 0 Å². The van der Waals surface area contributed by atoms with Gasteiger partial charge in [0.2, 0.25) is 0 Å². The summed E-state index contributed by atoms with van der Waals surface area (Å²) in [6.45, 7) is 1.84. The lowest BCUT2D eigenvalue weighted by Crippen LogP contribution is -2.44. The maximum absolute atomic E-state index is 13.4. The van der Waals surface area contributed by atoms with Crippen molar-refractivity contribution in [1.82, 2.24) is 5.32 Å². The zero-order valence-electron chi connectivity index (χ0n) is 8.71. The molecule has 2 nitrogen and oxygen atoms in total. The highest BCUT2D eigenvalue weighted by Gasteiger charge is 2.20. The first-order valence-electron chi connectivity index (χ1n) is 5.15.